The number of hydrogen-bond acceptors (Lipinski definition) is 3. The Morgan fingerprint density at radius 3 is 2.76 bits per heavy atom. The first kappa shape index (κ1) is 15.5. The van der Waals surface area contributed by atoms with Crippen molar-refractivity contribution in [1.29, 1.82) is 0 Å². The summed E-state index contributed by atoms with van der Waals surface area (Å²) >= 11 is 0. The van der Waals surface area contributed by atoms with E-state index >= 15 is 0 Å². The molecule has 0 aliphatic heterocycles. The Bertz CT molecular complexity index is 602. The Labute approximate surface area is 121 Å². The Hall–Kier alpha value is -1.92. The van der Waals surface area contributed by atoms with Crippen LogP contribution in [0.2, 0.25) is 0 Å². The Morgan fingerprint density at radius 1 is 1.33 bits per heavy atom. The van der Waals surface area contributed by atoms with E-state index in [0.29, 0.717) is 17.3 Å². The van der Waals surface area contributed by atoms with Crippen molar-refractivity contribution in [3.05, 3.63) is 32.9 Å². The Kier molecular flexibility index (Phi) is 5.30. The summed E-state index contributed by atoms with van der Waals surface area (Å²) in [6, 6.07) is -0.723. The number of H-pyrrole nitrogens is 1. The number of carbonyl (C=O) groups excluding carboxylic acids is 1. The van der Waals surface area contributed by atoms with Crippen LogP contribution in [0.4, 0.5) is 9.18 Å². The van der Waals surface area contributed by atoms with Crippen molar-refractivity contribution in [3.63, 3.8) is 0 Å². The number of halogens is 1. The van der Waals surface area contributed by atoms with Gasteiger partial charge in [0.15, 0.2) is 0 Å². The van der Waals surface area contributed by atoms with Gasteiger partial charge in [-0.2, -0.15) is 4.39 Å². The molecule has 2 N–H and O–H groups in total. The number of aromatic nitrogens is 2. The van der Waals surface area contributed by atoms with E-state index in [2.05, 4.69) is 5.32 Å². The summed E-state index contributed by atoms with van der Waals surface area (Å²) in [6.07, 6.45) is 8.86. The molecule has 21 heavy (non-hydrogen) atoms. The fourth-order valence-corrected chi connectivity index (χ4v) is 2.75. The lowest BCUT2D eigenvalue weighted by Gasteiger charge is -2.21. The third kappa shape index (κ3) is 4.27. The quantitative estimate of drug-likeness (QED) is 0.828. The average Bonchev–Trinajstić information content (AvgIpc) is 2.48. The normalized spacial score (nSPS) is 15.9. The number of amides is 1. The van der Waals surface area contributed by atoms with Crippen molar-refractivity contribution in [2.45, 2.75) is 44.9 Å². The van der Waals surface area contributed by atoms with Crippen LogP contribution in [0.1, 0.15) is 44.9 Å². The summed E-state index contributed by atoms with van der Waals surface area (Å²) in [5, 5.41) is 2.56. The van der Waals surface area contributed by atoms with Gasteiger partial charge < -0.3 is 5.32 Å². The van der Waals surface area contributed by atoms with Gasteiger partial charge in [-0.1, -0.05) is 32.1 Å². The van der Waals surface area contributed by atoms with Gasteiger partial charge in [0.1, 0.15) is 0 Å². The van der Waals surface area contributed by atoms with E-state index in [1.807, 2.05) is 0 Å². The predicted octanol–water partition coefficient (Wildman–Crippen LogP) is 1.59. The zero-order chi connectivity index (χ0) is 15.2. The van der Waals surface area contributed by atoms with E-state index in [-0.39, 0.29) is 0 Å². The average molecular weight is 297 g/mol. The lowest BCUT2D eigenvalue weighted by atomic mass is 9.86. The number of nitrogens with one attached hydrogen (secondary N) is 2. The molecule has 1 aliphatic rings. The minimum atomic E-state index is -1.16. The monoisotopic (exact) mass is 297 g/mol. The summed E-state index contributed by atoms with van der Waals surface area (Å²) in [6.45, 7) is 0.433. The lowest BCUT2D eigenvalue weighted by Crippen LogP contribution is -2.41. The molecule has 1 aliphatic carbocycles. The van der Waals surface area contributed by atoms with E-state index in [9.17, 15) is 18.8 Å². The molecule has 0 radical (unpaired) electrons. The van der Waals surface area contributed by atoms with Gasteiger partial charge in [-0.15, -0.1) is 0 Å². The third-order valence-corrected chi connectivity index (χ3v) is 3.91. The molecule has 116 valence electrons. The van der Waals surface area contributed by atoms with Crippen molar-refractivity contribution >= 4 is 6.03 Å². The molecule has 1 aromatic heterocycles. The van der Waals surface area contributed by atoms with E-state index in [1.54, 1.807) is 4.98 Å². The molecule has 1 heterocycles. The van der Waals surface area contributed by atoms with Crippen molar-refractivity contribution in [2.75, 3.05) is 6.54 Å². The highest BCUT2D eigenvalue weighted by atomic mass is 19.1. The molecule has 0 atom stereocenters. The highest BCUT2D eigenvalue weighted by molar-refractivity contribution is 5.76. The van der Waals surface area contributed by atoms with Crippen LogP contribution in [-0.2, 0) is 0 Å². The molecule has 1 aromatic rings. The van der Waals surface area contributed by atoms with E-state index in [0.717, 1.165) is 18.8 Å². The second kappa shape index (κ2) is 7.19. The number of carbonyl (C=O) groups is 1. The minimum Gasteiger partial charge on any atom is -0.337 e. The molecular weight excluding hydrogens is 277 g/mol. The van der Waals surface area contributed by atoms with Crippen LogP contribution in [-0.4, -0.2) is 22.1 Å². The second-order valence-corrected chi connectivity index (χ2v) is 5.48. The summed E-state index contributed by atoms with van der Waals surface area (Å²) in [5.41, 5.74) is -2.06. The number of nitrogens with zero attached hydrogens (tertiary/aromatic N) is 1. The first-order valence-electron chi connectivity index (χ1n) is 7.37. The first-order chi connectivity index (χ1) is 10.1. The number of hydrogen-bond donors (Lipinski definition) is 2. The summed E-state index contributed by atoms with van der Waals surface area (Å²) in [7, 11) is 0. The summed E-state index contributed by atoms with van der Waals surface area (Å²) < 4.78 is 13.6. The maximum absolute atomic E-state index is 13.1. The molecule has 1 fully saturated rings. The molecule has 1 saturated carbocycles. The maximum atomic E-state index is 13.1. The topological polar surface area (TPSA) is 84.0 Å². The van der Waals surface area contributed by atoms with Gasteiger partial charge in [-0.25, -0.2) is 14.2 Å². The molecule has 2 rings (SSSR count). The SMILES string of the molecule is O=C(NCCCC1CCCCC1)n1cc(F)c(=O)[nH]c1=O. The van der Waals surface area contributed by atoms with Crippen LogP contribution in [0, 0.1) is 11.7 Å². The standard InChI is InChI=1S/C14H20FN3O3/c15-11-9-18(14(21)17-12(11)19)13(20)16-8-4-7-10-5-2-1-3-6-10/h9-10H,1-8H2,(H,16,20)(H,17,19,21). The molecule has 0 bridgehead atoms. The lowest BCUT2D eigenvalue weighted by molar-refractivity contribution is 0.239. The fourth-order valence-electron chi connectivity index (χ4n) is 2.75. The predicted molar refractivity (Wildman–Crippen MR) is 75.9 cm³/mol. The number of rotatable bonds is 4. The van der Waals surface area contributed by atoms with Gasteiger partial charge in [0.2, 0.25) is 5.82 Å². The zero-order valence-electron chi connectivity index (χ0n) is 11.9. The number of aromatic amines is 1. The zero-order valence-corrected chi connectivity index (χ0v) is 11.9. The highest BCUT2D eigenvalue weighted by Gasteiger charge is 2.14. The molecule has 0 saturated heterocycles. The Balaban J connectivity index is 1.80. The van der Waals surface area contributed by atoms with Gasteiger partial charge >= 0.3 is 11.7 Å². The molecule has 6 nitrogen and oxygen atoms in total. The maximum Gasteiger partial charge on any atom is 0.336 e. The molecule has 0 unspecified atom stereocenters. The minimum absolute atomic E-state index is 0.433. The van der Waals surface area contributed by atoms with Gasteiger partial charge in [-0.3, -0.25) is 9.78 Å². The van der Waals surface area contributed by atoms with Crippen LogP contribution < -0.4 is 16.6 Å². The Morgan fingerprint density at radius 2 is 2.05 bits per heavy atom. The van der Waals surface area contributed by atoms with Crippen LogP contribution in [0.3, 0.4) is 0 Å². The molecule has 0 aromatic carbocycles. The van der Waals surface area contributed by atoms with Crippen LogP contribution in [0.5, 0.6) is 0 Å². The smallest absolute Gasteiger partial charge is 0.336 e. The molecule has 0 spiro atoms. The van der Waals surface area contributed by atoms with Crippen LogP contribution in [0.25, 0.3) is 0 Å². The second-order valence-electron chi connectivity index (χ2n) is 5.48. The molecule has 1 amide bonds. The van der Waals surface area contributed by atoms with Crippen LogP contribution in [0.15, 0.2) is 15.8 Å². The van der Waals surface area contributed by atoms with Gasteiger partial charge in [-0.05, 0) is 18.8 Å². The van der Waals surface area contributed by atoms with E-state index in [1.165, 1.54) is 32.1 Å². The van der Waals surface area contributed by atoms with Gasteiger partial charge in [0, 0.05) is 6.54 Å². The van der Waals surface area contributed by atoms with Crippen molar-refractivity contribution in [3.8, 4) is 0 Å². The van der Waals surface area contributed by atoms with Crippen LogP contribution >= 0.6 is 0 Å². The molecule has 7 heteroatoms. The van der Waals surface area contributed by atoms with Crippen molar-refractivity contribution in [1.82, 2.24) is 14.9 Å². The first-order valence-corrected chi connectivity index (χ1v) is 7.37. The fraction of sp³-hybridized carbons (Fsp3) is 0.643. The van der Waals surface area contributed by atoms with Gasteiger partial charge in [0.25, 0.3) is 5.56 Å². The summed E-state index contributed by atoms with van der Waals surface area (Å²) in [5.74, 6) is -0.434. The van der Waals surface area contributed by atoms with E-state index in [4.69, 9.17) is 0 Å². The van der Waals surface area contributed by atoms with Crippen molar-refractivity contribution < 1.29 is 9.18 Å². The largest absolute Gasteiger partial charge is 0.337 e. The summed E-state index contributed by atoms with van der Waals surface area (Å²) in [4.78, 5) is 35.8. The highest BCUT2D eigenvalue weighted by Crippen LogP contribution is 2.26. The van der Waals surface area contributed by atoms with Gasteiger partial charge in [0.05, 0.1) is 6.20 Å². The molecular formula is C14H20FN3O3. The third-order valence-electron chi connectivity index (χ3n) is 3.91. The van der Waals surface area contributed by atoms with E-state index < -0.39 is 23.1 Å². The van der Waals surface area contributed by atoms with Crippen molar-refractivity contribution in [2.24, 2.45) is 5.92 Å².